The van der Waals surface area contributed by atoms with Crippen LogP contribution in [0.4, 0.5) is 0 Å². The number of carbonyl (C=O) groups is 1. The van der Waals surface area contributed by atoms with E-state index in [2.05, 4.69) is 39.9 Å². The van der Waals surface area contributed by atoms with E-state index in [-0.39, 0.29) is 11.9 Å². The van der Waals surface area contributed by atoms with Crippen LogP contribution in [0, 0.1) is 0 Å². The van der Waals surface area contributed by atoms with Gasteiger partial charge in [-0.25, -0.2) is 4.98 Å². The molecule has 0 radical (unpaired) electrons. The maximum Gasteiger partial charge on any atom is 0.226 e. The fourth-order valence-corrected chi connectivity index (χ4v) is 4.56. The normalized spacial score (nSPS) is 16.3. The molecule has 1 N–H and O–H groups in total. The number of amides is 1. The number of nitrogens with zero attached hydrogens (tertiary/aromatic N) is 1. The van der Waals surface area contributed by atoms with Gasteiger partial charge in [0.1, 0.15) is 5.01 Å². The molecular formula is C18H16N2OS2. The number of rotatable bonds is 4. The average molecular weight is 340 g/mol. The van der Waals surface area contributed by atoms with Crippen LogP contribution in [0.1, 0.15) is 29.3 Å². The maximum atomic E-state index is 12.3. The van der Waals surface area contributed by atoms with E-state index in [0.717, 1.165) is 29.1 Å². The molecule has 0 bridgehead atoms. The van der Waals surface area contributed by atoms with Crippen LogP contribution in [0.25, 0.3) is 10.6 Å². The average Bonchev–Trinajstić information content (AvgIpc) is 3.27. The van der Waals surface area contributed by atoms with Gasteiger partial charge in [-0.1, -0.05) is 24.3 Å². The zero-order chi connectivity index (χ0) is 15.6. The van der Waals surface area contributed by atoms with Gasteiger partial charge in [0.05, 0.1) is 18.2 Å². The Hall–Kier alpha value is -1.98. The number of thiazole rings is 1. The number of nitrogens with one attached hydrogen (secondary N) is 1. The molecule has 116 valence electrons. The molecule has 2 heterocycles. The SMILES string of the molecule is O=C(Cc1csc(-c2ccsc2)n1)N[C@@H]1CCc2ccccc21. The molecule has 0 saturated carbocycles. The lowest BCUT2D eigenvalue weighted by molar-refractivity contribution is -0.121. The lowest BCUT2D eigenvalue weighted by Gasteiger charge is -2.13. The number of carbonyl (C=O) groups excluding carboxylic acids is 1. The van der Waals surface area contributed by atoms with Crippen LogP contribution in [0.15, 0.2) is 46.5 Å². The van der Waals surface area contributed by atoms with E-state index in [1.54, 1.807) is 22.7 Å². The first-order valence-electron chi connectivity index (χ1n) is 7.64. The molecule has 5 heteroatoms. The number of benzene rings is 1. The summed E-state index contributed by atoms with van der Waals surface area (Å²) in [6.07, 6.45) is 2.38. The second-order valence-electron chi connectivity index (χ2n) is 5.69. The fourth-order valence-electron chi connectivity index (χ4n) is 3.02. The van der Waals surface area contributed by atoms with Crippen molar-refractivity contribution in [2.45, 2.75) is 25.3 Å². The summed E-state index contributed by atoms with van der Waals surface area (Å²) in [5.74, 6) is 0.0499. The summed E-state index contributed by atoms with van der Waals surface area (Å²) >= 11 is 3.26. The lowest BCUT2D eigenvalue weighted by atomic mass is 10.1. The van der Waals surface area contributed by atoms with Crippen LogP contribution in [0.5, 0.6) is 0 Å². The highest BCUT2D eigenvalue weighted by molar-refractivity contribution is 7.14. The Balaban J connectivity index is 1.41. The molecule has 0 unspecified atom stereocenters. The first-order chi connectivity index (χ1) is 11.3. The zero-order valence-electron chi connectivity index (χ0n) is 12.5. The van der Waals surface area contributed by atoms with Gasteiger partial charge in [0.15, 0.2) is 0 Å². The highest BCUT2D eigenvalue weighted by Crippen LogP contribution is 2.31. The van der Waals surface area contributed by atoms with Gasteiger partial charge in [0.25, 0.3) is 0 Å². The van der Waals surface area contributed by atoms with E-state index in [1.807, 2.05) is 16.8 Å². The molecule has 0 saturated heterocycles. The molecular weight excluding hydrogens is 324 g/mol. The second-order valence-corrected chi connectivity index (χ2v) is 7.33. The lowest BCUT2D eigenvalue weighted by Crippen LogP contribution is -2.28. The molecule has 0 aliphatic heterocycles. The zero-order valence-corrected chi connectivity index (χ0v) is 14.1. The highest BCUT2D eigenvalue weighted by atomic mass is 32.1. The summed E-state index contributed by atoms with van der Waals surface area (Å²) in [4.78, 5) is 16.9. The van der Waals surface area contributed by atoms with Crippen molar-refractivity contribution in [2.24, 2.45) is 0 Å². The Morgan fingerprint density at radius 3 is 3.04 bits per heavy atom. The number of hydrogen-bond donors (Lipinski definition) is 1. The molecule has 1 aromatic carbocycles. The highest BCUT2D eigenvalue weighted by Gasteiger charge is 2.23. The molecule has 3 nitrogen and oxygen atoms in total. The van der Waals surface area contributed by atoms with Crippen molar-refractivity contribution in [3.8, 4) is 10.6 Å². The van der Waals surface area contributed by atoms with Crippen LogP contribution in [0.2, 0.25) is 0 Å². The Kier molecular flexibility index (Phi) is 3.97. The summed E-state index contributed by atoms with van der Waals surface area (Å²) in [6.45, 7) is 0. The third-order valence-electron chi connectivity index (χ3n) is 4.13. The third-order valence-corrected chi connectivity index (χ3v) is 5.75. The van der Waals surface area contributed by atoms with E-state index in [1.165, 1.54) is 11.1 Å². The van der Waals surface area contributed by atoms with Crippen molar-refractivity contribution in [2.75, 3.05) is 0 Å². The monoisotopic (exact) mass is 340 g/mol. The minimum Gasteiger partial charge on any atom is -0.349 e. The number of thiophene rings is 1. The Labute approximate surface area is 143 Å². The van der Waals surface area contributed by atoms with Crippen LogP contribution >= 0.6 is 22.7 Å². The van der Waals surface area contributed by atoms with E-state index in [4.69, 9.17) is 0 Å². The van der Waals surface area contributed by atoms with Gasteiger partial charge in [0, 0.05) is 16.3 Å². The molecule has 1 aliphatic rings. The number of hydrogen-bond acceptors (Lipinski definition) is 4. The van der Waals surface area contributed by atoms with Crippen LogP contribution in [-0.2, 0) is 17.6 Å². The van der Waals surface area contributed by atoms with E-state index in [0.29, 0.717) is 6.42 Å². The van der Waals surface area contributed by atoms with Crippen molar-refractivity contribution in [1.29, 1.82) is 0 Å². The van der Waals surface area contributed by atoms with Crippen molar-refractivity contribution in [1.82, 2.24) is 10.3 Å². The molecule has 1 atom stereocenters. The molecule has 3 aromatic rings. The standard InChI is InChI=1S/C18H16N2OS2/c21-17(20-16-6-5-12-3-1-2-4-15(12)16)9-14-11-23-18(19-14)13-7-8-22-10-13/h1-4,7-8,10-11,16H,5-6,9H2,(H,20,21)/t16-/m1/s1. The molecule has 0 spiro atoms. The van der Waals surface area contributed by atoms with Gasteiger partial charge < -0.3 is 5.32 Å². The van der Waals surface area contributed by atoms with E-state index < -0.39 is 0 Å². The first-order valence-corrected chi connectivity index (χ1v) is 9.46. The molecule has 4 rings (SSSR count). The van der Waals surface area contributed by atoms with Crippen molar-refractivity contribution in [3.05, 3.63) is 63.3 Å². The van der Waals surface area contributed by atoms with Gasteiger partial charge in [0.2, 0.25) is 5.91 Å². The predicted molar refractivity (Wildman–Crippen MR) is 94.8 cm³/mol. The number of aromatic nitrogens is 1. The first kappa shape index (κ1) is 14.6. The summed E-state index contributed by atoms with van der Waals surface area (Å²) in [7, 11) is 0. The third kappa shape index (κ3) is 3.07. The topological polar surface area (TPSA) is 42.0 Å². The van der Waals surface area contributed by atoms with Crippen molar-refractivity contribution in [3.63, 3.8) is 0 Å². The van der Waals surface area contributed by atoms with E-state index >= 15 is 0 Å². The van der Waals surface area contributed by atoms with E-state index in [9.17, 15) is 4.79 Å². The molecule has 23 heavy (non-hydrogen) atoms. The minimum atomic E-state index is 0.0499. The van der Waals surface area contributed by atoms with Crippen LogP contribution in [0.3, 0.4) is 0 Å². The van der Waals surface area contributed by atoms with Gasteiger partial charge in [-0.05, 0) is 35.4 Å². The smallest absolute Gasteiger partial charge is 0.226 e. The van der Waals surface area contributed by atoms with Gasteiger partial charge >= 0.3 is 0 Å². The Morgan fingerprint density at radius 2 is 2.17 bits per heavy atom. The molecule has 1 aliphatic carbocycles. The molecule has 2 aromatic heterocycles. The summed E-state index contributed by atoms with van der Waals surface area (Å²) in [5, 5.41) is 10.2. The number of aryl methyl sites for hydroxylation is 1. The molecule has 0 fully saturated rings. The summed E-state index contributed by atoms with van der Waals surface area (Å²) in [6, 6.07) is 10.6. The van der Waals surface area contributed by atoms with Gasteiger partial charge in [-0.3, -0.25) is 4.79 Å². The van der Waals surface area contributed by atoms with Gasteiger partial charge in [-0.15, -0.1) is 11.3 Å². The van der Waals surface area contributed by atoms with Crippen molar-refractivity contribution < 1.29 is 4.79 Å². The number of fused-ring (bicyclic) bond motifs is 1. The molecule has 1 amide bonds. The fraction of sp³-hybridized carbons (Fsp3) is 0.222. The van der Waals surface area contributed by atoms with Crippen LogP contribution < -0.4 is 5.32 Å². The van der Waals surface area contributed by atoms with Crippen molar-refractivity contribution >= 4 is 28.6 Å². The maximum absolute atomic E-state index is 12.3. The summed E-state index contributed by atoms with van der Waals surface area (Å²) < 4.78 is 0. The van der Waals surface area contributed by atoms with Crippen LogP contribution in [-0.4, -0.2) is 10.9 Å². The minimum absolute atomic E-state index is 0.0499. The van der Waals surface area contributed by atoms with Gasteiger partial charge in [-0.2, -0.15) is 11.3 Å². The Bertz CT molecular complexity index is 823. The summed E-state index contributed by atoms with van der Waals surface area (Å²) in [5.41, 5.74) is 4.60. The quantitative estimate of drug-likeness (QED) is 0.773. The predicted octanol–water partition coefficient (Wildman–Crippen LogP) is 4.22. The Morgan fingerprint density at radius 1 is 1.26 bits per heavy atom. The largest absolute Gasteiger partial charge is 0.349 e. The second kappa shape index (κ2) is 6.26.